The van der Waals surface area contributed by atoms with Crippen LogP contribution in [0.4, 0.5) is 5.95 Å². The highest BCUT2D eigenvalue weighted by molar-refractivity contribution is 5.75. The summed E-state index contributed by atoms with van der Waals surface area (Å²) in [5, 5.41) is 0. The molecule has 108 valence electrons. The number of anilines is 1. The average molecular weight is 282 g/mol. The Morgan fingerprint density at radius 1 is 1.14 bits per heavy atom. The van der Waals surface area contributed by atoms with Gasteiger partial charge in [0.05, 0.1) is 7.11 Å². The molecule has 0 bridgehead atoms. The zero-order valence-corrected chi connectivity index (χ0v) is 12.2. The summed E-state index contributed by atoms with van der Waals surface area (Å²) in [6.07, 6.45) is 0.870. The number of hydrogen-bond donors (Lipinski definition) is 1. The lowest BCUT2D eigenvalue weighted by atomic mass is 10.1. The van der Waals surface area contributed by atoms with Gasteiger partial charge >= 0.3 is 0 Å². The Morgan fingerprint density at radius 3 is 2.62 bits per heavy atom. The highest BCUT2D eigenvalue weighted by Gasteiger charge is 2.16. The smallest absolute Gasteiger partial charge is 0.215 e. The molecule has 0 aliphatic heterocycles. The molecule has 0 aliphatic rings. The molecule has 2 aromatic heterocycles. The van der Waals surface area contributed by atoms with Crippen molar-refractivity contribution in [3.05, 3.63) is 48.0 Å². The molecule has 0 saturated carbocycles. The summed E-state index contributed by atoms with van der Waals surface area (Å²) in [7, 11) is 1.60. The quantitative estimate of drug-likeness (QED) is 0.799. The predicted octanol–water partition coefficient (Wildman–Crippen LogP) is 2.83. The van der Waals surface area contributed by atoms with E-state index in [9.17, 15) is 0 Å². The fourth-order valence-electron chi connectivity index (χ4n) is 2.57. The second-order valence-electron chi connectivity index (χ2n) is 5.08. The van der Waals surface area contributed by atoms with E-state index in [2.05, 4.69) is 29.0 Å². The topological polar surface area (TPSA) is 66.0 Å². The molecule has 0 fully saturated rings. The van der Waals surface area contributed by atoms with Gasteiger partial charge < -0.3 is 10.5 Å². The van der Waals surface area contributed by atoms with Crippen molar-refractivity contribution in [3.8, 4) is 5.88 Å². The van der Waals surface area contributed by atoms with Gasteiger partial charge in [0.25, 0.3) is 0 Å². The first-order valence-electron chi connectivity index (χ1n) is 6.91. The number of hydrogen-bond acceptors (Lipinski definition) is 4. The molecule has 0 amide bonds. The molecule has 1 unspecified atom stereocenters. The van der Waals surface area contributed by atoms with Gasteiger partial charge in [-0.05, 0) is 25.0 Å². The van der Waals surface area contributed by atoms with Gasteiger partial charge in [-0.3, -0.25) is 4.57 Å². The molecule has 1 aromatic carbocycles. The normalized spacial score (nSPS) is 12.5. The Morgan fingerprint density at radius 2 is 1.90 bits per heavy atom. The molecule has 5 nitrogen and oxygen atoms in total. The van der Waals surface area contributed by atoms with E-state index in [-0.39, 0.29) is 6.04 Å². The van der Waals surface area contributed by atoms with Crippen LogP contribution in [0.1, 0.15) is 18.5 Å². The monoisotopic (exact) mass is 282 g/mol. The first kappa shape index (κ1) is 13.4. The number of ether oxygens (including phenoxy) is 1. The van der Waals surface area contributed by atoms with Crippen LogP contribution in [0.25, 0.3) is 11.2 Å². The Kier molecular flexibility index (Phi) is 3.48. The van der Waals surface area contributed by atoms with Crippen molar-refractivity contribution in [1.29, 1.82) is 0 Å². The molecular weight excluding hydrogens is 264 g/mol. The van der Waals surface area contributed by atoms with E-state index in [0.29, 0.717) is 11.8 Å². The standard InChI is InChI=1S/C16H18N4O/c1-11(10-12-6-4-3-5-7-12)20-15-13(18-16(20)17)8-9-14(19-15)21-2/h3-9,11H,10H2,1-2H3,(H2,17,18). The third-order valence-corrected chi connectivity index (χ3v) is 3.56. The molecule has 0 spiro atoms. The molecule has 3 rings (SSSR count). The summed E-state index contributed by atoms with van der Waals surface area (Å²) < 4.78 is 7.15. The van der Waals surface area contributed by atoms with Gasteiger partial charge in [0.2, 0.25) is 11.8 Å². The second-order valence-corrected chi connectivity index (χ2v) is 5.08. The zero-order chi connectivity index (χ0) is 14.8. The molecular formula is C16H18N4O. The Balaban J connectivity index is 2.00. The van der Waals surface area contributed by atoms with Crippen LogP contribution < -0.4 is 10.5 Å². The van der Waals surface area contributed by atoms with E-state index in [1.165, 1.54) is 5.56 Å². The van der Waals surface area contributed by atoms with Gasteiger partial charge in [0.1, 0.15) is 5.52 Å². The minimum Gasteiger partial charge on any atom is -0.481 e. The summed E-state index contributed by atoms with van der Waals surface area (Å²) in [4.78, 5) is 8.85. The van der Waals surface area contributed by atoms with E-state index >= 15 is 0 Å². The van der Waals surface area contributed by atoms with Crippen LogP contribution >= 0.6 is 0 Å². The molecule has 1 atom stereocenters. The molecule has 0 radical (unpaired) electrons. The SMILES string of the molecule is COc1ccc2nc(N)n(C(C)Cc3ccccc3)c2n1. The second kappa shape index (κ2) is 5.44. The van der Waals surface area contributed by atoms with Gasteiger partial charge in [-0.2, -0.15) is 4.98 Å². The maximum atomic E-state index is 6.07. The summed E-state index contributed by atoms with van der Waals surface area (Å²) in [6.45, 7) is 2.12. The highest BCUT2D eigenvalue weighted by atomic mass is 16.5. The number of rotatable bonds is 4. The van der Waals surface area contributed by atoms with E-state index < -0.39 is 0 Å². The average Bonchev–Trinajstić information content (AvgIpc) is 2.83. The number of imidazole rings is 1. The van der Waals surface area contributed by atoms with Gasteiger partial charge in [0, 0.05) is 12.1 Å². The van der Waals surface area contributed by atoms with Gasteiger partial charge in [-0.15, -0.1) is 0 Å². The lowest BCUT2D eigenvalue weighted by Gasteiger charge is -2.15. The van der Waals surface area contributed by atoms with Crippen molar-refractivity contribution >= 4 is 17.1 Å². The maximum absolute atomic E-state index is 6.07. The highest BCUT2D eigenvalue weighted by Crippen LogP contribution is 2.25. The molecule has 0 saturated heterocycles. The molecule has 2 heterocycles. The Hall–Kier alpha value is -2.56. The van der Waals surface area contributed by atoms with Gasteiger partial charge in [-0.25, -0.2) is 4.98 Å². The fourth-order valence-corrected chi connectivity index (χ4v) is 2.57. The van der Waals surface area contributed by atoms with E-state index in [4.69, 9.17) is 10.5 Å². The van der Waals surface area contributed by atoms with Crippen LogP contribution in [0.5, 0.6) is 5.88 Å². The number of pyridine rings is 1. The van der Waals surface area contributed by atoms with E-state index in [1.807, 2.05) is 28.8 Å². The summed E-state index contributed by atoms with van der Waals surface area (Å²) in [5.41, 5.74) is 8.87. The van der Waals surface area contributed by atoms with Crippen LogP contribution in [0.3, 0.4) is 0 Å². The number of methoxy groups -OCH3 is 1. The molecule has 0 aliphatic carbocycles. The Labute approximate surface area is 123 Å². The summed E-state index contributed by atoms with van der Waals surface area (Å²) in [5.74, 6) is 1.05. The molecule has 3 aromatic rings. The van der Waals surface area contributed by atoms with E-state index in [1.54, 1.807) is 13.2 Å². The zero-order valence-electron chi connectivity index (χ0n) is 12.2. The maximum Gasteiger partial charge on any atom is 0.215 e. The molecule has 21 heavy (non-hydrogen) atoms. The van der Waals surface area contributed by atoms with Gasteiger partial charge in [-0.1, -0.05) is 30.3 Å². The summed E-state index contributed by atoms with van der Waals surface area (Å²) in [6, 6.07) is 14.2. The lowest BCUT2D eigenvalue weighted by Crippen LogP contribution is -2.12. The van der Waals surface area contributed by atoms with Crippen LogP contribution in [0.2, 0.25) is 0 Å². The fraction of sp³-hybridized carbons (Fsp3) is 0.250. The number of benzene rings is 1. The van der Waals surface area contributed by atoms with Crippen molar-refractivity contribution in [2.45, 2.75) is 19.4 Å². The first-order valence-corrected chi connectivity index (χ1v) is 6.91. The number of nitrogen functional groups attached to an aromatic ring is 1. The lowest BCUT2D eigenvalue weighted by molar-refractivity contribution is 0.398. The van der Waals surface area contributed by atoms with Crippen LogP contribution in [-0.4, -0.2) is 21.6 Å². The summed E-state index contributed by atoms with van der Waals surface area (Å²) >= 11 is 0. The van der Waals surface area contributed by atoms with Gasteiger partial charge in [0.15, 0.2) is 5.65 Å². The van der Waals surface area contributed by atoms with Crippen molar-refractivity contribution in [3.63, 3.8) is 0 Å². The number of aromatic nitrogens is 3. The van der Waals surface area contributed by atoms with Crippen LogP contribution in [0, 0.1) is 0 Å². The third-order valence-electron chi connectivity index (χ3n) is 3.56. The molecule has 2 N–H and O–H groups in total. The van der Waals surface area contributed by atoms with E-state index in [0.717, 1.165) is 17.6 Å². The first-order chi connectivity index (χ1) is 10.2. The van der Waals surface area contributed by atoms with Crippen molar-refractivity contribution < 1.29 is 4.74 Å². The van der Waals surface area contributed by atoms with Crippen molar-refractivity contribution in [1.82, 2.24) is 14.5 Å². The number of fused-ring (bicyclic) bond motifs is 1. The third kappa shape index (κ3) is 2.54. The van der Waals surface area contributed by atoms with Crippen LogP contribution in [-0.2, 0) is 6.42 Å². The minimum atomic E-state index is 0.164. The van der Waals surface area contributed by atoms with Crippen molar-refractivity contribution in [2.75, 3.05) is 12.8 Å². The molecule has 5 heteroatoms. The number of nitrogens with zero attached hydrogens (tertiary/aromatic N) is 3. The predicted molar refractivity (Wildman–Crippen MR) is 83.3 cm³/mol. The minimum absolute atomic E-state index is 0.164. The largest absolute Gasteiger partial charge is 0.481 e. The number of nitrogens with two attached hydrogens (primary N) is 1. The van der Waals surface area contributed by atoms with Crippen LogP contribution in [0.15, 0.2) is 42.5 Å². The Bertz CT molecular complexity index is 752. The van der Waals surface area contributed by atoms with Crippen molar-refractivity contribution in [2.24, 2.45) is 0 Å².